The molecule has 0 radical (unpaired) electrons. The van der Waals surface area contributed by atoms with Crippen molar-refractivity contribution < 1.29 is 20.4 Å². The smallest absolute Gasteiger partial charge is 0.160 e. The monoisotopic (exact) mass is 340 g/mol. The molecule has 4 heteroatoms. The summed E-state index contributed by atoms with van der Waals surface area (Å²) >= 11 is 0. The van der Waals surface area contributed by atoms with Crippen LogP contribution in [0, 0.1) is 27.7 Å². The highest BCUT2D eigenvalue weighted by Crippen LogP contribution is 2.59. The molecule has 25 heavy (non-hydrogen) atoms. The Kier molecular flexibility index (Phi) is 3.12. The van der Waals surface area contributed by atoms with Gasteiger partial charge in [-0.25, -0.2) is 0 Å². The van der Waals surface area contributed by atoms with Crippen molar-refractivity contribution >= 4 is 0 Å². The van der Waals surface area contributed by atoms with Gasteiger partial charge in [0, 0.05) is 5.41 Å². The highest BCUT2D eigenvalue weighted by Gasteiger charge is 2.49. The summed E-state index contributed by atoms with van der Waals surface area (Å²) in [4.78, 5) is 0. The van der Waals surface area contributed by atoms with E-state index in [0.717, 1.165) is 70.2 Å². The average molecular weight is 340 g/mol. The third-order valence-corrected chi connectivity index (χ3v) is 6.69. The van der Waals surface area contributed by atoms with Gasteiger partial charge in [0.15, 0.2) is 23.0 Å². The molecule has 0 aromatic heterocycles. The lowest BCUT2D eigenvalue weighted by Crippen LogP contribution is -2.23. The maximum absolute atomic E-state index is 10.4. The predicted molar refractivity (Wildman–Crippen MR) is 95.9 cm³/mol. The quantitative estimate of drug-likeness (QED) is 0.548. The van der Waals surface area contributed by atoms with E-state index in [0.29, 0.717) is 0 Å². The number of hydrogen-bond acceptors (Lipinski definition) is 4. The van der Waals surface area contributed by atoms with Gasteiger partial charge in [0.05, 0.1) is 0 Å². The second kappa shape index (κ2) is 4.84. The molecule has 0 aliphatic heterocycles. The molecule has 0 saturated carbocycles. The van der Waals surface area contributed by atoms with Crippen LogP contribution >= 0.6 is 0 Å². The Morgan fingerprint density at radius 3 is 1.24 bits per heavy atom. The van der Waals surface area contributed by atoms with Crippen molar-refractivity contribution in [3.05, 3.63) is 44.5 Å². The van der Waals surface area contributed by atoms with Gasteiger partial charge < -0.3 is 20.4 Å². The van der Waals surface area contributed by atoms with Crippen LogP contribution in [-0.2, 0) is 18.3 Å². The molecule has 4 rings (SSSR count). The van der Waals surface area contributed by atoms with Crippen LogP contribution in [-0.4, -0.2) is 20.4 Å². The zero-order valence-corrected chi connectivity index (χ0v) is 15.1. The Bertz CT molecular complexity index is 863. The number of benzene rings is 2. The molecule has 2 aliphatic rings. The van der Waals surface area contributed by atoms with Gasteiger partial charge in [0.2, 0.25) is 0 Å². The summed E-state index contributed by atoms with van der Waals surface area (Å²) in [5.74, 6) is -0.118. The molecular formula is C21H24O4. The topological polar surface area (TPSA) is 80.9 Å². The van der Waals surface area contributed by atoms with E-state index < -0.39 is 0 Å². The summed E-state index contributed by atoms with van der Waals surface area (Å²) in [5.41, 5.74) is 7.14. The van der Waals surface area contributed by atoms with Gasteiger partial charge in [0.25, 0.3) is 0 Å². The third kappa shape index (κ3) is 1.72. The lowest BCUT2D eigenvalue weighted by Gasteiger charge is -2.31. The molecule has 2 aromatic carbocycles. The molecule has 1 spiro atoms. The van der Waals surface area contributed by atoms with E-state index in [9.17, 15) is 20.4 Å². The second-order valence-corrected chi connectivity index (χ2v) is 7.68. The molecule has 0 unspecified atom stereocenters. The number of fused-ring (bicyclic) bond motifs is 4. The number of phenolic OH excluding ortho intramolecular Hbond substituents is 4. The Labute approximate surface area is 147 Å². The summed E-state index contributed by atoms with van der Waals surface area (Å²) in [6.07, 6.45) is 3.47. The third-order valence-electron chi connectivity index (χ3n) is 6.69. The maximum Gasteiger partial charge on any atom is 0.160 e. The first-order chi connectivity index (χ1) is 11.7. The van der Waals surface area contributed by atoms with Gasteiger partial charge in [0.1, 0.15) is 0 Å². The van der Waals surface area contributed by atoms with Crippen molar-refractivity contribution in [3.8, 4) is 23.0 Å². The molecule has 4 N–H and O–H groups in total. The molecule has 0 fully saturated rings. The molecule has 4 nitrogen and oxygen atoms in total. The molecule has 0 amide bonds. The number of aromatic hydroxyl groups is 4. The van der Waals surface area contributed by atoms with E-state index in [1.54, 1.807) is 0 Å². The van der Waals surface area contributed by atoms with E-state index in [-0.39, 0.29) is 28.4 Å². The van der Waals surface area contributed by atoms with E-state index in [1.165, 1.54) is 0 Å². The minimum Gasteiger partial charge on any atom is -0.504 e. The van der Waals surface area contributed by atoms with Gasteiger partial charge in [-0.05, 0) is 97.9 Å². The minimum atomic E-state index is -0.259. The van der Waals surface area contributed by atoms with Crippen LogP contribution in [0.2, 0.25) is 0 Å². The van der Waals surface area contributed by atoms with Gasteiger partial charge >= 0.3 is 0 Å². The average Bonchev–Trinajstić information content (AvgIpc) is 3.17. The van der Waals surface area contributed by atoms with Crippen LogP contribution in [0.25, 0.3) is 0 Å². The second-order valence-electron chi connectivity index (χ2n) is 7.68. The first-order valence-corrected chi connectivity index (χ1v) is 8.81. The number of hydrogen-bond donors (Lipinski definition) is 4. The number of rotatable bonds is 0. The molecule has 2 aliphatic carbocycles. The fraction of sp³-hybridized carbons (Fsp3) is 0.429. The fourth-order valence-electron chi connectivity index (χ4n) is 5.41. The van der Waals surface area contributed by atoms with Crippen molar-refractivity contribution in [2.75, 3.05) is 0 Å². The Morgan fingerprint density at radius 2 is 0.880 bits per heavy atom. The largest absolute Gasteiger partial charge is 0.504 e. The van der Waals surface area contributed by atoms with Crippen molar-refractivity contribution in [2.24, 2.45) is 0 Å². The summed E-state index contributed by atoms with van der Waals surface area (Å²) in [7, 11) is 0. The van der Waals surface area contributed by atoms with Gasteiger partial charge in [-0.3, -0.25) is 0 Å². The van der Waals surface area contributed by atoms with Crippen molar-refractivity contribution in [1.29, 1.82) is 0 Å². The van der Waals surface area contributed by atoms with E-state index in [2.05, 4.69) is 0 Å². The molecule has 0 saturated heterocycles. The predicted octanol–water partition coefficient (Wildman–Crippen LogP) is 3.92. The minimum absolute atomic E-state index is 0.0204. The highest BCUT2D eigenvalue weighted by molar-refractivity contribution is 5.70. The van der Waals surface area contributed by atoms with Crippen LogP contribution in [0.4, 0.5) is 0 Å². The van der Waals surface area contributed by atoms with Gasteiger partial charge in [-0.15, -0.1) is 0 Å². The van der Waals surface area contributed by atoms with Crippen molar-refractivity contribution in [2.45, 2.75) is 58.8 Å². The SMILES string of the molecule is Cc1c(O)c(O)c(C)c2c1CCC21CCc2c(C)c(O)c(O)c(C)c21. The van der Waals surface area contributed by atoms with Crippen LogP contribution < -0.4 is 0 Å². The zero-order chi connectivity index (χ0) is 18.3. The molecule has 0 heterocycles. The Morgan fingerprint density at radius 1 is 0.560 bits per heavy atom. The summed E-state index contributed by atoms with van der Waals surface area (Å²) in [5, 5.41) is 41.3. The summed E-state index contributed by atoms with van der Waals surface area (Å²) < 4.78 is 0. The summed E-state index contributed by atoms with van der Waals surface area (Å²) in [6, 6.07) is 0. The lowest BCUT2D eigenvalue weighted by molar-refractivity contribution is 0.393. The molecule has 2 aromatic rings. The van der Waals surface area contributed by atoms with E-state index >= 15 is 0 Å². The van der Waals surface area contributed by atoms with Crippen molar-refractivity contribution in [3.63, 3.8) is 0 Å². The molecule has 0 atom stereocenters. The molecule has 132 valence electrons. The summed E-state index contributed by atoms with van der Waals surface area (Å²) in [6.45, 7) is 7.44. The Hall–Kier alpha value is -2.36. The van der Waals surface area contributed by atoms with Crippen LogP contribution in [0.5, 0.6) is 23.0 Å². The fourth-order valence-corrected chi connectivity index (χ4v) is 5.41. The van der Waals surface area contributed by atoms with Crippen LogP contribution in [0.3, 0.4) is 0 Å². The molecule has 0 bridgehead atoms. The maximum atomic E-state index is 10.4. The molecular weight excluding hydrogens is 316 g/mol. The van der Waals surface area contributed by atoms with E-state index in [1.807, 2.05) is 27.7 Å². The highest BCUT2D eigenvalue weighted by atomic mass is 16.3. The van der Waals surface area contributed by atoms with Gasteiger partial charge in [-0.1, -0.05) is 0 Å². The first kappa shape index (κ1) is 16.1. The first-order valence-electron chi connectivity index (χ1n) is 8.81. The van der Waals surface area contributed by atoms with Crippen LogP contribution in [0.15, 0.2) is 0 Å². The zero-order valence-electron chi connectivity index (χ0n) is 15.1. The van der Waals surface area contributed by atoms with Crippen LogP contribution in [0.1, 0.15) is 57.3 Å². The lowest BCUT2D eigenvalue weighted by atomic mass is 9.72. The van der Waals surface area contributed by atoms with Gasteiger partial charge in [-0.2, -0.15) is 0 Å². The van der Waals surface area contributed by atoms with Crippen molar-refractivity contribution in [1.82, 2.24) is 0 Å². The number of phenols is 4. The Balaban J connectivity index is 2.10. The van der Waals surface area contributed by atoms with E-state index in [4.69, 9.17) is 0 Å². The standard InChI is InChI=1S/C21H24O4/c1-9-13-5-7-21(15(13)11(3)19(24)17(9)22)8-6-14-10(2)18(23)20(25)12(4)16(14)21/h22-25H,5-8H2,1-4H3. The normalized spacial score (nSPS) is 17.1.